The van der Waals surface area contributed by atoms with Crippen molar-refractivity contribution < 1.29 is 9.16 Å². The van der Waals surface area contributed by atoms with E-state index in [9.17, 15) is 0 Å². The fraction of sp³-hybridized carbons (Fsp3) is 1.00. The van der Waals surface area contributed by atoms with Crippen molar-refractivity contribution in [1.82, 2.24) is 0 Å². The standard InChI is InChI=1S/C7H18O2Si/c1-3-8-6-5-7-9-10-4-2/h3-7,10H2,1-2H3. The van der Waals surface area contributed by atoms with Crippen molar-refractivity contribution in [3.63, 3.8) is 0 Å². The quantitative estimate of drug-likeness (QED) is 0.410. The first-order valence-corrected chi connectivity index (χ1v) is 5.65. The van der Waals surface area contributed by atoms with E-state index in [1.807, 2.05) is 6.92 Å². The molecule has 3 heteroatoms. The molecule has 62 valence electrons. The molecular formula is C7H18O2Si. The van der Waals surface area contributed by atoms with Gasteiger partial charge in [-0.2, -0.15) is 0 Å². The Kier molecular flexibility index (Phi) is 9.26. The minimum absolute atomic E-state index is 0.168. The predicted octanol–water partition coefficient (Wildman–Crippen LogP) is 0.952. The fourth-order valence-electron chi connectivity index (χ4n) is 0.654. The molecule has 0 atom stereocenters. The van der Waals surface area contributed by atoms with E-state index in [-0.39, 0.29) is 9.76 Å². The van der Waals surface area contributed by atoms with Crippen LogP contribution in [-0.2, 0) is 9.16 Å². The van der Waals surface area contributed by atoms with Crippen LogP contribution in [0.3, 0.4) is 0 Å². The van der Waals surface area contributed by atoms with Crippen LogP contribution in [0.1, 0.15) is 20.3 Å². The minimum Gasteiger partial charge on any atom is -0.424 e. The second kappa shape index (κ2) is 9.14. The van der Waals surface area contributed by atoms with Crippen LogP contribution < -0.4 is 0 Å². The molecule has 10 heavy (non-hydrogen) atoms. The summed E-state index contributed by atoms with van der Waals surface area (Å²) in [5.74, 6) is 0. The molecule has 0 bridgehead atoms. The van der Waals surface area contributed by atoms with Gasteiger partial charge < -0.3 is 9.16 Å². The zero-order valence-electron chi connectivity index (χ0n) is 7.06. The van der Waals surface area contributed by atoms with E-state index >= 15 is 0 Å². The highest BCUT2D eigenvalue weighted by molar-refractivity contribution is 6.26. The third kappa shape index (κ3) is 8.14. The van der Waals surface area contributed by atoms with E-state index in [1.54, 1.807) is 0 Å². The summed E-state index contributed by atoms with van der Waals surface area (Å²) in [6, 6.07) is 1.24. The molecule has 0 rings (SSSR count). The lowest BCUT2D eigenvalue weighted by Crippen LogP contribution is -2.02. The molecule has 0 aromatic carbocycles. The maximum atomic E-state index is 5.39. The van der Waals surface area contributed by atoms with Crippen LogP contribution in [-0.4, -0.2) is 29.6 Å². The number of ether oxygens (including phenoxy) is 1. The summed E-state index contributed by atoms with van der Waals surface area (Å²) >= 11 is 0. The first-order chi connectivity index (χ1) is 4.91. The summed E-state index contributed by atoms with van der Waals surface area (Å²) in [5, 5.41) is 0. The second-order valence-electron chi connectivity index (χ2n) is 2.16. The number of hydrogen-bond donors (Lipinski definition) is 0. The van der Waals surface area contributed by atoms with E-state index < -0.39 is 0 Å². The maximum Gasteiger partial charge on any atom is 0.161 e. The average molecular weight is 162 g/mol. The summed E-state index contributed by atoms with van der Waals surface area (Å²) < 4.78 is 10.5. The van der Waals surface area contributed by atoms with Gasteiger partial charge in [0.1, 0.15) is 0 Å². The Labute approximate surface area is 65.9 Å². The molecule has 0 fully saturated rings. The summed E-state index contributed by atoms with van der Waals surface area (Å²) in [6.45, 7) is 6.77. The normalized spacial score (nSPS) is 11.4. The van der Waals surface area contributed by atoms with Crippen LogP contribution in [0.2, 0.25) is 6.04 Å². The first-order valence-electron chi connectivity index (χ1n) is 4.07. The van der Waals surface area contributed by atoms with Gasteiger partial charge in [-0.15, -0.1) is 0 Å². The van der Waals surface area contributed by atoms with Gasteiger partial charge in [-0.25, -0.2) is 0 Å². The topological polar surface area (TPSA) is 18.5 Å². The summed E-state index contributed by atoms with van der Waals surface area (Å²) in [7, 11) is -0.168. The van der Waals surface area contributed by atoms with Crippen LogP contribution in [0.15, 0.2) is 0 Å². The van der Waals surface area contributed by atoms with Crippen molar-refractivity contribution in [1.29, 1.82) is 0 Å². The molecule has 2 nitrogen and oxygen atoms in total. The zero-order valence-corrected chi connectivity index (χ0v) is 8.47. The average Bonchev–Trinajstić information content (AvgIpc) is 1.97. The van der Waals surface area contributed by atoms with Gasteiger partial charge in [0.15, 0.2) is 9.76 Å². The third-order valence-corrected chi connectivity index (χ3v) is 2.12. The van der Waals surface area contributed by atoms with Crippen molar-refractivity contribution in [3.05, 3.63) is 0 Å². The second-order valence-corrected chi connectivity index (χ2v) is 3.98. The first kappa shape index (κ1) is 10.1. The highest BCUT2D eigenvalue weighted by atomic mass is 28.2. The molecule has 0 aromatic rings. The summed E-state index contributed by atoms with van der Waals surface area (Å²) in [5.41, 5.74) is 0. The largest absolute Gasteiger partial charge is 0.424 e. The molecule has 0 aromatic heterocycles. The molecule has 0 N–H and O–H groups in total. The molecular weight excluding hydrogens is 144 g/mol. The lowest BCUT2D eigenvalue weighted by molar-refractivity contribution is 0.131. The van der Waals surface area contributed by atoms with Gasteiger partial charge in [-0.1, -0.05) is 6.92 Å². The van der Waals surface area contributed by atoms with Crippen molar-refractivity contribution in [2.24, 2.45) is 0 Å². The SMILES string of the molecule is CCOCCCO[SiH2]CC. The van der Waals surface area contributed by atoms with Crippen LogP contribution in [0.5, 0.6) is 0 Å². The van der Waals surface area contributed by atoms with Crippen molar-refractivity contribution >= 4 is 9.76 Å². The van der Waals surface area contributed by atoms with Gasteiger partial charge in [-0.3, -0.25) is 0 Å². The Morgan fingerprint density at radius 1 is 1.20 bits per heavy atom. The summed E-state index contributed by atoms with van der Waals surface area (Å²) in [6.07, 6.45) is 1.06. The van der Waals surface area contributed by atoms with Crippen LogP contribution in [0.25, 0.3) is 0 Å². The molecule has 0 aliphatic rings. The summed E-state index contributed by atoms with van der Waals surface area (Å²) in [4.78, 5) is 0. The molecule has 0 aliphatic heterocycles. The monoisotopic (exact) mass is 162 g/mol. The van der Waals surface area contributed by atoms with Crippen LogP contribution >= 0.6 is 0 Å². The molecule has 0 aliphatic carbocycles. The molecule has 0 spiro atoms. The predicted molar refractivity (Wildman–Crippen MR) is 46.1 cm³/mol. The van der Waals surface area contributed by atoms with E-state index in [1.165, 1.54) is 6.04 Å². The lowest BCUT2D eigenvalue weighted by atomic mass is 10.5. The van der Waals surface area contributed by atoms with Crippen molar-refractivity contribution in [2.45, 2.75) is 26.3 Å². The Hall–Kier alpha value is 0.137. The van der Waals surface area contributed by atoms with Gasteiger partial charge >= 0.3 is 0 Å². The van der Waals surface area contributed by atoms with Gasteiger partial charge in [0.05, 0.1) is 0 Å². The van der Waals surface area contributed by atoms with E-state index in [4.69, 9.17) is 9.16 Å². The third-order valence-electron chi connectivity index (χ3n) is 1.13. The number of hydrogen-bond acceptors (Lipinski definition) is 2. The molecule has 0 heterocycles. The van der Waals surface area contributed by atoms with E-state index in [0.717, 1.165) is 26.2 Å². The maximum absolute atomic E-state index is 5.39. The van der Waals surface area contributed by atoms with Gasteiger partial charge in [-0.05, 0) is 19.4 Å². The Bertz CT molecular complexity index is 51.6. The number of rotatable bonds is 7. The van der Waals surface area contributed by atoms with Crippen LogP contribution in [0.4, 0.5) is 0 Å². The van der Waals surface area contributed by atoms with Gasteiger partial charge in [0.2, 0.25) is 0 Å². The highest BCUT2D eigenvalue weighted by Crippen LogP contribution is 1.85. The highest BCUT2D eigenvalue weighted by Gasteiger charge is 1.86. The molecule has 0 saturated heterocycles. The smallest absolute Gasteiger partial charge is 0.161 e. The Morgan fingerprint density at radius 2 is 2.00 bits per heavy atom. The Morgan fingerprint density at radius 3 is 2.60 bits per heavy atom. The zero-order chi connectivity index (χ0) is 7.66. The molecule has 0 saturated carbocycles. The lowest BCUT2D eigenvalue weighted by Gasteiger charge is -2.01. The fourth-order valence-corrected chi connectivity index (χ4v) is 1.35. The molecule has 0 amide bonds. The molecule has 0 unspecified atom stereocenters. The minimum atomic E-state index is -0.168. The van der Waals surface area contributed by atoms with E-state index in [2.05, 4.69) is 6.92 Å². The van der Waals surface area contributed by atoms with Crippen LogP contribution in [0, 0.1) is 0 Å². The van der Waals surface area contributed by atoms with Crippen molar-refractivity contribution in [2.75, 3.05) is 19.8 Å². The Balaban J connectivity index is 2.65. The van der Waals surface area contributed by atoms with E-state index in [0.29, 0.717) is 0 Å². The van der Waals surface area contributed by atoms with Gasteiger partial charge in [0, 0.05) is 19.8 Å². The molecule has 0 radical (unpaired) electrons. The van der Waals surface area contributed by atoms with Gasteiger partial charge in [0.25, 0.3) is 0 Å². The van der Waals surface area contributed by atoms with Crippen molar-refractivity contribution in [3.8, 4) is 0 Å².